The molecule has 0 fully saturated rings. The zero-order valence-electron chi connectivity index (χ0n) is 12.9. The van der Waals surface area contributed by atoms with Crippen LogP contribution in [0.25, 0.3) is 0 Å². The minimum Gasteiger partial charge on any atom is -0.481 e. The number of aliphatic carboxylic acids is 1. The molecule has 0 aromatic heterocycles. The Balaban J connectivity index is 2.85. The van der Waals surface area contributed by atoms with Crippen molar-refractivity contribution < 1.29 is 14.7 Å². The summed E-state index contributed by atoms with van der Waals surface area (Å²) in [5.41, 5.74) is 0.380. The summed E-state index contributed by atoms with van der Waals surface area (Å²) in [5.74, 6) is -0.920. The minimum absolute atomic E-state index is 0.0868. The third-order valence-electron chi connectivity index (χ3n) is 3.18. The summed E-state index contributed by atoms with van der Waals surface area (Å²) < 4.78 is 0. The molecule has 5 heteroatoms. The van der Waals surface area contributed by atoms with Crippen molar-refractivity contribution in [3.63, 3.8) is 0 Å². The zero-order chi connectivity index (χ0) is 15.9. The Kier molecular flexibility index (Phi) is 6.21. The number of nitrogens with zero attached hydrogens (tertiary/aromatic N) is 1. The molecule has 1 aromatic rings. The maximum absolute atomic E-state index is 12.5. The maximum atomic E-state index is 12.5. The summed E-state index contributed by atoms with van der Waals surface area (Å²) in [7, 11) is 0. The van der Waals surface area contributed by atoms with Gasteiger partial charge in [0, 0.05) is 17.8 Å². The van der Waals surface area contributed by atoms with Gasteiger partial charge in [-0.25, -0.2) is 4.79 Å². The Hall–Kier alpha value is -2.04. The second-order valence-corrected chi connectivity index (χ2v) is 5.69. The lowest BCUT2D eigenvalue weighted by atomic mass is 9.99. The standard InChI is InChI=1S/C16H24N2O3/c1-4-11-16(2,3)17-15(21)18(12-10-14(19)20)13-8-6-5-7-9-13/h5-9H,4,10-12H2,1-3H3,(H,17,21)(H,19,20). The molecule has 2 N–H and O–H groups in total. The molecule has 0 atom stereocenters. The van der Waals surface area contributed by atoms with Crippen molar-refractivity contribution in [1.29, 1.82) is 0 Å². The first-order chi connectivity index (χ1) is 9.85. The van der Waals surface area contributed by atoms with Crippen LogP contribution in [0, 0.1) is 0 Å². The van der Waals surface area contributed by atoms with Crippen LogP contribution in [0.1, 0.15) is 40.0 Å². The molecule has 0 aliphatic rings. The first kappa shape index (κ1) is 17.0. The van der Waals surface area contributed by atoms with Crippen molar-refractivity contribution >= 4 is 17.7 Å². The topological polar surface area (TPSA) is 69.6 Å². The van der Waals surface area contributed by atoms with Crippen molar-refractivity contribution in [2.24, 2.45) is 0 Å². The third-order valence-corrected chi connectivity index (χ3v) is 3.18. The first-order valence-corrected chi connectivity index (χ1v) is 7.22. The van der Waals surface area contributed by atoms with E-state index in [0.717, 1.165) is 12.8 Å². The average Bonchev–Trinajstić information content (AvgIpc) is 2.39. The van der Waals surface area contributed by atoms with Gasteiger partial charge in [0.1, 0.15) is 0 Å². The highest BCUT2D eigenvalue weighted by Crippen LogP contribution is 2.17. The van der Waals surface area contributed by atoms with Crippen LogP contribution in [0.5, 0.6) is 0 Å². The van der Waals surface area contributed by atoms with Crippen molar-refractivity contribution in [3.05, 3.63) is 30.3 Å². The van der Waals surface area contributed by atoms with E-state index in [4.69, 9.17) is 5.11 Å². The van der Waals surface area contributed by atoms with E-state index in [-0.39, 0.29) is 24.5 Å². The number of carbonyl (C=O) groups excluding carboxylic acids is 1. The fourth-order valence-corrected chi connectivity index (χ4v) is 2.21. The smallest absolute Gasteiger partial charge is 0.322 e. The second-order valence-electron chi connectivity index (χ2n) is 5.69. The Bertz CT molecular complexity index is 472. The van der Waals surface area contributed by atoms with Crippen molar-refractivity contribution in [1.82, 2.24) is 5.32 Å². The summed E-state index contributed by atoms with van der Waals surface area (Å²) in [6.07, 6.45) is 1.74. The van der Waals surface area contributed by atoms with E-state index < -0.39 is 5.97 Å². The molecule has 5 nitrogen and oxygen atoms in total. The van der Waals surface area contributed by atoms with Gasteiger partial charge in [-0.2, -0.15) is 0 Å². The summed E-state index contributed by atoms with van der Waals surface area (Å²) >= 11 is 0. The predicted molar refractivity (Wildman–Crippen MR) is 83.6 cm³/mol. The van der Waals surface area contributed by atoms with Gasteiger partial charge in [0.05, 0.1) is 6.42 Å². The number of carboxylic acids is 1. The quantitative estimate of drug-likeness (QED) is 0.810. The average molecular weight is 292 g/mol. The van der Waals surface area contributed by atoms with Gasteiger partial charge in [0.25, 0.3) is 0 Å². The summed E-state index contributed by atoms with van der Waals surface area (Å²) in [6, 6.07) is 8.85. The number of para-hydroxylation sites is 1. The Morgan fingerprint density at radius 1 is 1.24 bits per heavy atom. The first-order valence-electron chi connectivity index (χ1n) is 7.22. The second kappa shape index (κ2) is 7.67. The number of nitrogens with one attached hydrogen (secondary N) is 1. The van der Waals surface area contributed by atoms with Crippen molar-refractivity contribution in [2.75, 3.05) is 11.4 Å². The monoisotopic (exact) mass is 292 g/mol. The lowest BCUT2D eigenvalue weighted by Crippen LogP contribution is -2.50. The molecule has 0 saturated carbocycles. The highest BCUT2D eigenvalue weighted by molar-refractivity contribution is 5.92. The lowest BCUT2D eigenvalue weighted by molar-refractivity contribution is -0.136. The van der Waals surface area contributed by atoms with Crippen LogP contribution in [0.15, 0.2) is 30.3 Å². The molecule has 1 rings (SSSR count). The molecule has 116 valence electrons. The van der Waals surface area contributed by atoms with Crippen LogP contribution in [0.3, 0.4) is 0 Å². The number of anilines is 1. The number of benzene rings is 1. The van der Waals surface area contributed by atoms with Gasteiger partial charge in [0.15, 0.2) is 0 Å². The third kappa shape index (κ3) is 5.85. The molecular weight excluding hydrogens is 268 g/mol. The molecule has 21 heavy (non-hydrogen) atoms. The molecule has 0 aliphatic carbocycles. The Morgan fingerprint density at radius 2 is 1.86 bits per heavy atom. The van der Waals surface area contributed by atoms with E-state index in [9.17, 15) is 9.59 Å². The van der Waals surface area contributed by atoms with Crippen LogP contribution < -0.4 is 10.2 Å². The highest BCUT2D eigenvalue weighted by Gasteiger charge is 2.24. The summed E-state index contributed by atoms with van der Waals surface area (Å²) in [4.78, 5) is 24.7. The number of carboxylic acid groups (broad SMARTS) is 1. The predicted octanol–water partition coefficient (Wildman–Crippen LogP) is 3.26. The molecular formula is C16H24N2O3. The van der Waals surface area contributed by atoms with Crippen LogP contribution >= 0.6 is 0 Å². The molecule has 0 unspecified atom stereocenters. The number of carbonyl (C=O) groups is 2. The fourth-order valence-electron chi connectivity index (χ4n) is 2.21. The van der Waals surface area contributed by atoms with Crippen molar-refractivity contribution in [2.45, 2.75) is 45.6 Å². The number of rotatable bonds is 7. The number of urea groups is 1. The van der Waals surface area contributed by atoms with Crippen LogP contribution in [0.4, 0.5) is 10.5 Å². The largest absolute Gasteiger partial charge is 0.481 e. The van der Waals surface area contributed by atoms with Gasteiger partial charge in [-0.15, -0.1) is 0 Å². The van der Waals surface area contributed by atoms with Gasteiger partial charge in [-0.3, -0.25) is 9.69 Å². The van der Waals surface area contributed by atoms with Crippen LogP contribution in [-0.2, 0) is 4.79 Å². The molecule has 2 amide bonds. The number of hydrogen-bond acceptors (Lipinski definition) is 2. The molecule has 0 aliphatic heterocycles. The molecule has 0 saturated heterocycles. The van der Waals surface area contributed by atoms with Gasteiger partial charge >= 0.3 is 12.0 Å². The van der Waals surface area contributed by atoms with Gasteiger partial charge in [-0.1, -0.05) is 31.5 Å². The minimum atomic E-state index is -0.920. The van der Waals surface area contributed by atoms with Gasteiger partial charge in [-0.05, 0) is 32.4 Å². The SMILES string of the molecule is CCCC(C)(C)NC(=O)N(CCC(=O)O)c1ccccc1. The molecule has 0 heterocycles. The lowest BCUT2D eigenvalue weighted by Gasteiger charge is -2.30. The fraction of sp³-hybridized carbons (Fsp3) is 0.500. The van der Waals surface area contributed by atoms with E-state index in [2.05, 4.69) is 12.2 Å². The van der Waals surface area contributed by atoms with E-state index in [1.54, 1.807) is 12.1 Å². The van der Waals surface area contributed by atoms with Gasteiger partial charge in [0.2, 0.25) is 0 Å². The maximum Gasteiger partial charge on any atom is 0.322 e. The van der Waals surface area contributed by atoms with E-state index in [1.165, 1.54) is 4.90 Å². The van der Waals surface area contributed by atoms with E-state index in [0.29, 0.717) is 5.69 Å². The zero-order valence-corrected chi connectivity index (χ0v) is 12.9. The van der Waals surface area contributed by atoms with E-state index in [1.807, 2.05) is 32.0 Å². The number of amides is 2. The van der Waals surface area contributed by atoms with Crippen LogP contribution in [0.2, 0.25) is 0 Å². The van der Waals surface area contributed by atoms with Gasteiger partial charge < -0.3 is 10.4 Å². The van der Waals surface area contributed by atoms with Crippen LogP contribution in [-0.4, -0.2) is 29.2 Å². The van der Waals surface area contributed by atoms with Crippen molar-refractivity contribution in [3.8, 4) is 0 Å². The Labute approximate surface area is 126 Å². The normalized spacial score (nSPS) is 11.0. The molecule has 0 radical (unpaired) electrons. The van der Waals surface area contributed by atoms with E-state index >= 15 is 0 Å². The molecule has 0 spiro atoms. The number of hydrogen-bond donors (Lipinski definition) is 2. The molecule has 0 bridgehead atoms. The highest BCUT2D eigenvalue weighted by atomic mass is 16.4. The summed E-state index contributed by atoms with van der Waals surface area (Å²) in [5, 5.41) is 11.8. The molecule has 1 aromatic carbocycles. The summed E-state index contributed by atoms with van der Waals surface area (Å²) in [6.45, 7) is 6.14. The Morgan fingerprint density at radius 3 is 2.38 bits per heavy atom.